The zero-order valence-corrected chi connectivity index (χ0v) is 21.7. The minimum Gasteiger partial charge on any atom is -0.457 e. The molecule has 4 heteroatoms. The van der Waals surface area contributed by atoms with Crippen LogP contribution in [0.15, 0.2) is 0 Å². The number of unbranched alkanes of at least 4 members (excludes halogenated alkanes) is 18. The van der Waals surface area contributed by atoms with E-state index < -0.39 is 6.10 Å². The first-order valence-corrected chi connectivity index (χ1v) is 14.1. The molecule has 1 N–H and O–H groups in total. The highest BCUT2D eigenvalue weighted by Gasteiger charge is 2.13. The lowest BCUT2D eigenvalue weighted by atomic mass is 10.0. The fourth-order valence-corrected chi connectivity index (χ4v) is 4.03. The first-order valence-electron chi connectivity index (χ1n) is 14.1. The van der Waals surface area contributed by atoms with Gasteiger partial charge in [0.25, 0.3) is 0 Å². The predicted octanol–water partition coefficient (Wildman–Crippen LogP) is 8.14. The first-order chi connectivity index (χ1) is 15.7. The highest BCUT2D eigenvalue weighted by Crippen LogP contribution is 2.13. The van der Waals surface area contributed by atoms with Gasteiger partial charge in [-0.1, -0.05) is 129 Å². The van der Waals surface area contributed by atoms with Gasteiger partial charge >= 0.3 is 5.97 Å². The van der Waals surface area contributed by atoms with Crippen molar-refractivity contribution in [2.75, 3.05) is 19.8 Å². The molecule has 1 atom stereocenters. The molecule has 0 rings (SSSR count). The van der Waals surface area contributed by atoms with Crippen LogP contribution in [0.5, 0.6) is 0 Å². The molecule has 0 spiro atoms. The topological polar surface area (TPSA) is 55.8 Å². The quantitative estimate of drug-likeness (QED) is 0.105. The molecule has 0 aromatic rings. The van der Waals surface area contributed by atoms with Crippen LogP contribution in [0.25, 0.3) is 0 Å². The molecule has 0 radical (unpaired) electrons. The smallest absolute Gasteiger partial charge is 0.306 e. The van der Waals surface area contributed by atoms with Crippen molar-refractivity contribution in [2.24, 2.45) is 0 Å². The summed E-state index contributed by atoms with van der Waals surface area (Å²) in [4.78, 5) is 12.0. The molecule has 0 aliphatic heterocycles. The van der Waals surface area contributed by atoms with Gasteiger partial charge in [-0.3, -0.25) is 4.79 Å². The van der Waals surface area contributed by atoms with Gasteiger partial charge in [0.15, 0.2) is 0 Å². The van der Waals surface area contributed by atoms with Crippen molar-refractivity contribution in [2.45, 2.75) is 155 Å². The van der Waals surface area contributed by atoms with Crippen molar-refractivity contribution in [3.63, 3.8) is 0 Å². The first kappa shape index (κ1) is 31.4. The van der Waals surface area contributed by atoms with Gasteiger partial charge in [-0.05, 0) is 12.8 Å². The third-order valence-corrected chi connectivity index (χ3v) is 6.18. The molecule has 0 bridgehead atoms. The van der Waals surface area contributed by atoms with Gasteiger partial charge in [0.05, 0.1) is 13.2 Å². The number of rotatable bonds is 26. The van der Waals surface area contributed by atoms with E-state index >= 15 is 0 Å². The third kappa shape index (κ3) is 24.0. The van der Waals surface area contributed by atoms with Gasteiger partial charge in [0, 0.05) is 13.0 Å². The lowest BCUT2D eigenvalue weighted by Gasteiger charge is -2.16. The molecule has 0 aromatic carbocycles. The lowest BCUT2D eigenvalue weighted by molar-refractivity contribution is -0.154. The second kappa shape index (κ2) is 26.6. The third-order valence-electron chi connectivity index (χ3n) is 6.18. The van der Waals surface area contributed by atoms with Crippen LogP contribution in [0.1, 0.15) is 149 Å². The average Bonchev–Trinajstić information content (AvgIpc) is 2.80. The Balaban J connectivity index is 3.43. The van der Waals surface area contributed by atoms with Crippen LogP contribution >= 0.6 is 0 Å². The Bertz CT molecular complexity index is 372. The maximum absolute atomic E-state index is 12.0. The Hall–Kier alpha value is -0.610. The van der Waals surface area contributed by atoms with Gasteiger partial charge in [-0.2, -0.15) is 0 Å². The molecule has 0 heterocycles. The molecule has 0 fully saturated rings. The summed E-state index contributed by atoms with van der Waals surface area (Å²) in [7, 11) is 0. The maximum atomic E-state index is 12.0. The molecule has 4 nitrogen and oxygen atoms in total. The van der Waals surface area contributed by atoms with Crippen LogP contribution in [0, 0.1) is 0 Å². The van der Waals surface area contributed by atoms with Gasteiger partial charge in [0.1, 0.15) is 6.10 Å². The highest BCUT2D eigenvalue weighted by atomic mass is 16.6. The summed E-state index contributed by atoms with van der Waals surface area (Å²) in [6, 6.07) is 0. The van der Waals surface area contributed by atoms with Crippen LogP contribution in [0.2, 0.25) is 0 Å². The molecule has 0 aliphatic rings. The number of hydrogen-bond acceptors (Lipinski definition) is 4. The summed E-state index contributed by atoms with van der Waals surface area (Å²) in [6.45, 7) is 5.33. The SMILES string of the molecule is CCCCCCCCCCCCCCC(=O)OC(CO)COCCCCCCCCCC. The summed E-state index contributed by atoms with van der Waals surface area (Å²) in [5.74, 6) is -0.202. The fourth-order valence-electron chi connectivity index (χ4n) is 4.03. The van der Waals surface area contributed by atoms with E-state index in [1.807, 2.05) is 0 Å². The zero-order valence-electron chi connectivity index (χ0n) is 21.7. The number of esters is 1. The number of aliphatic hydroxyl groups excluding tert-OH is 1. The van der Waals surface area contributed by atoms with Gasteiger partial charge in [-0.15, -0.1) is 0 Å². The van der Waals surface area contributed by atoms with Gasteiger partial charge in [0.2, 0.25) is 0 Å². The Morgan fingerprint density at radius 2 is 1.03 bits per heavy atom. The Labute approximate surface area is 200 Å². The van der Waals surface area contributed by atoms with E-state index in [1.165, 1.54) is 109 Å². The van der Waals surface area contributed by atoms with Crippen LogP contribution in [0.3, 0.4) is 0 Å². The molecular formula is C28H56O4. The molecule has 0 aliphatic carbocycles. The highest BCUT2D eigenvalue weighted by molar-refractivity contribution is 5.69. The molecule has 192 valence electrons. The number of ether oxygens (including phenoxy) is 2. The summed E-state index contributed by atoms with van der Waals surface area (Å²) < 4.78 is 11.0. The van der Waals surface area contributed by atoms with Crippen molar-refractivity contribution in [1.82, 2.24) is 0 Å². The predicted molar refractivity (Wildman–Crippen MR) is 136 cm³/mol. The largest absolute Gasteiger partial charge is 0.457 e. The monoisotopic (exact) mass is 456 g/mol. The molecule has 32 heavy (non-hydrogen) atoms. The number of hydrogen-bond donors (Lipinski definition) is 1. The Kier molecular flexibility index (Phi) is 26.1. The van der Waals surface area contributed by atoms with Crippen molar-refractivity contribution in [3.8, 4) is 0 Å². The molecule has 1 unspecified atom stereocenters. The number of aliphatic hydroxyl groups is 1. The molecule has 0 saturated heterocycles. The van der Waals surface area contributed by atoms with E-state index in [9.17, 15) is 9.90 Å². The van der Waals surface area contributed by atoms with Crippen LogP contribution in [-0.4, -0.2) is 37.0 Å². The summed E-state index contributed by atoms with van der Waals surface area (Å²) in [5.41, 5.74) is 0. The summed E-state index contributed by atoms with van der Waals surface area (Å²) in [6.07, 6.45) is 25.5. The van der Waals surface area contributed by atoms with Gasteiger partial charge in [-0.25, -0.2) is 0 Å². The van der Waals surface area contributed by atoms with Crippen molar-refractivity contribution < 1.29 is 19.4 Å². The van der Waals surface area contributed by atoms with E-state index in [4.69, 9.17) is 9.47 Å². The van der Waals surface area contributed by atoms with Crippen LogP contribution in [-0.2, 0) is 14.3 Å². The average molecular weight is 457 g/mol. The van der Waals surface area contributed by atoms with E-state index in [1.54, 1.807) is 0 Å². The minimum atomic E-state index is -0.520. The fraction of sp³-hybridized carbons (Fsp3) is 0.964. The Morgan fingerprint density at radius 1 is 0.625 bits per heavy atom. The van der Waals surface area contributed by atoms with Crippen molar-refractivity contribution in [1.29, 1.82) is 0 Å². The van der Waals surface area contributed by atoms with Crippen LogP contribution in [0.4, 0.5) is 0 Å². The number of carbonyl (C=O) groups is 1. The standard InChI is InChI=1S/C28H56O4/c1-3-5-7-9-11-13-14-15-16-17-19-21-23-28(30)32-27(25-29)26-31-24-22-20-18-12-10-8-6-4-2/h27,29H,3-26H2,1-2H3. The molecule has 0 amide bonds. The molecular weight excluding hydrogens is 400 g/mol. The minimum absolute atomic E-state index is 0.165. The second-order valence-electron chi connectivity index (χ2n) is 9.48. The van der Waals surface area contributed by atoms with Gasteiger partial charge < -0.3 is 14.6 Å². The van der Waals surface area contributed by atoms with E-state index in [-0.39, 0.29) is 12.6 Å². The summed E-state index contributed by atoms with van der Waals surface area (Å²) >= 11 is 0. The van der Waals surface area contributed by atoms with Crippen LogP contribution < -0.4 is 0 Å². The Morgan fingerprint density at radius 3 is 1.47 bits per heavy atom. The maximum Gasteiger partial charge on any atom is 0.306 e. The molecule has 0 aromatic heterocycles. The second-order valence-corrected chi connectivity index (χ2v) is 9.48. The normalized spacial score (nSPS) is 12.2. The zero-order chi connectivity index (χ0) is 23.5. The number of carbonyl (C=O) groups excluding carboxylic acids is 1. The van der Waals surface area contributed by atoms with E-state index in [2.05, 4.69) is 13.8 Å². The van der Waals surface area contributed by atoms with Crippen molar-refractivity contribution in [3.05, 3.63) is 0 Å². The van der Waals surface area contributed by atoms with E-state index in [0.717, 1.165) is 19.3 Å². The summed E-state index contributed by atoms with van der Waals surface area (Å²) in [5, 5.41) is 9.43. The molecule has 0 saturated carbocycles. The van der Waals surface area contributed by atoms with E-state index in [0.29, 0.717) is 19.6 Å². The lowest BCUT2D eigenvalue weighted by Crippen LogP contribution is -2.27. The van der Waals surface area contributed by atoms with Crippen molar-refractivity contribution >= 4 is 5.97 Å².